The van der Waals surface area contributed by atoms with Crippen LogP contribution in [-0.4, -0.2) is 0 Å². The van der Waals surface area contributed by atoms with Gasteiger partial charge in [-0.15, -0.1) is 0 Å². The highest BCUT2D eigenvalue weighted by atomic mass is 14.9. The highest BCUT2D eigenvalue weighted by Gasteiger charge is 2.24. The van der Waals surface area contributed by atoms with E-state index in [1.54, 1.807) is 0 Å². The second-order valence-corrected chi connectivity index (χ2v) is 6.96. The van der Waals surface area contributed by atoms with Crippen molar-refractivity contribution in [3.05, 3.63) is 53.8 Å². The first kappa shape index (κ1) is 16.9. The Balaban J connectivity index is 1.80. The lowest BCUT2D eigenvalue weighted by Gasteiger charge is -2.16. The lowest BCUT2D eigenvalue weighted by Crippen LogP contribution is -2.03. The van der Waals surface area contributed by atoms with E-state index in [4.69, 9.17) is 0 Å². The summed E-state index contributed by atoms with van der Waals surface area (Å²) in [5.41, 5.74) is 6.58. The number of aryl methyl sites for hydroxylation is 1. The predicted molar refractivity (Wildman–Crippen MR) is 98.2 cm³/mol. The van der Waals surface area contributed by atoms with Crippen LogP contribution in [0.2, 0.25) is 0 Å². The first-order chi connectivity index (χ1) is 10.5. The van der Waals surface area contributed by atoms with Gasteiger partial charge < -0.3 is 5.32 Å². The number of rotatable bonds is 7. The summed E-state index contributed by atoms with van der Waals surface area (Å²) in [4.78, 5) is 0. The highest BCUT2D eigenvalue weighted by molar-refractivity contribution is 5.56. The molecule has 2 unspecified atom stereocenters. The average Bonchev–Trinajstić information content (AvgIpc) is 2.79. The molecule has 1 N–H and O–H groups in total. The predicted octanol–water partition coefficient (Wildman–Crippen LogP) is 6.26. The molecule has 1 saturated carbocycles. The molecule has 1 heteroatoms. The lowest BCUT2D eigenvalue weighted by molar-refractivity contribution is 0.494. The van der Waals surface area contributed by atoms with Gasteiger partial charge in [0.1, 0.15) is 0 Å². The number of hydrogen-bond acceptors (Lipinski definition) is 1. The fourth-order valence-corrected chi connectivity index (χ4v) is 3.69. The molecule has 0 saturated heterocycles. The number of nitrogens with one attached hydrogen (secondary N) is 1. The van der Waals surface area contributed by atoms with Gasteiger partial charge in [0.25, 0.3) is 0 Å². The molecule has 1 nitrogen and oxygen atoms in total. The van der Waals surface area contributed by atoms with E-state index in [1.807, 2.05) is 0 Å². The second-order valence-electron chi connectivity index (χ2n) is 6.96. The first-order valence-electron chi connectivity index (χ1n) is 8.72. The molecular formula is C21H31N. The van der Waals surface area contributed by atoms with Crippen LogP contribution in [0.15, 0.2) is 42.6 Å². The Morgan fingerprint density at radius 2 is 2.14 bits per heavy atom. The summed E-state index contributed by atoms with van der Waals surface area (Å²) in [5.74, 6) is 1.58. The minimum absolute atomic E-state index is 0.743. The largest absolute Gasteiger partial charge is 0.359 e. The second kappa shape index (κ2) is 7.67. The third-order valence-electron chi connectivity index (χ3n) is 5.04. The molecule has 1 aromatic carbocycles. The minimum Gasteiger partial charge on any atom is -0.359 e. The van der Waals surface area contributed by atoms with Crippen molar-refractivity contribution in [2.75, 3.05) is 5.32 Å². The zero-order valence-electron chi connectivity index (χ0n) is 14.5. The van der Waals surface area contributed by atoms with E-state index in [0.717, 1.165) is 30.4 Å². The minimum atomic E-state index is 0.743. The summed E-state index contributed by atoms with van der Waals surface area (Å²) >= 11 is 0. The van der Waals surface area contributed by atoms with Crippen LogP contribution in [0.25, 0.3) is 0 Å². The first-order valence-corrected chi connectivity index (χ1v) is 8.72. The molecule has 0 amide bonds. The van der Waals surface area contributed by atoms with Crippen molar-refractivity contribution in [3.63, 3.8) is 0 Å². The Hall–Kier alpha value is -1.50. The average molecular weight is 297 g/mol. The Kier molecular flexibility index (Phi) is 5.88. The topological polar surface area (TPSA) is 12.0 Å². The van der Waals surface area contributed by atoms with Gasteiger partial charge in [-0.25, -0.2) is 0 Å². The van der Waals surface area contributed by atoms with Crippen molar-refractivity contribution >= 4 is 5.69 Å². The van der Waals surface area contributed by atoms with E-state index in [-0.39, 0.29) is 0 Å². The lowest BCUT2D eigenvalue weighted by atomic mass is 9.96. The maximum Gasteiger partial charge on any atom is 0.0414 e. The molecule has 2 rings (SSSR count). The van der Waals surface area contributed by atoms with Crippen LogP contribution in [0.5, 0.6) is 0 Å². The zero-order valence-corrected chi connectivity index (χ0v) is 14.5. The zero-order chi connectivity index (χ0) is 16.1. The third-order valence-corrected chi connectivity index (χ3v) is 5.04. The Bertz CT molecular complexity index is 541. The van der Waals surface area contributed by atoms with Crippen LogP contribution in [0.1, 0.15) is 57.1 Å². The van der Waals surface area contributed by atoms with Gasteiger partial charge in [-0.05, 0) is 74.5 Å². The number of anilines is 1. The van der Waals surface area contributed by atoms with E-state index in [1.165, 1.54) is 48.1 Å². The van der Waals surface area contributed by atoms with E-state index in [2.05, 4.69) is 57.4 Å². The van der Waals surface area contributed by atoms with E-state index in [0.29, 0.717) is 0 Å². The van der Waals surface area contributed by atoms with Gasteiger partial charge in [0, 0.05) is 11.4 Å². The number of allylic oxidation sites excluding steroid dienone is 2. The van der Waals surface area contributed by atoms with Crippen molar-refractivity contribution in [2.24, 2.45) is 11.8 Å². The monoisotopic (exact) mass is 297 g/mol. The highest BCUT2D eigenvalue weighted by Crippen LogP contribution is 2.37. The van der Waals surface area contributed by atoms with Crippen LogP contribution in [0, 0.1) is 18.8 Å². The smallest absolute Gasteiger partial charge is 0.0414 e. The van der Waals surface area contributed by atoms with Crippen molar-refractivity contribution in [1.82, 2.24) is 0 Å². The number of hydrogen-bond donors (Lipinski definition) is 1. The van der Waals surface area contributed by atoms with Crippen LogP contribution >= 0.6 is 0 Å². The van der Waals surface area contributed by atoms with Crippen molar-refractivity contribution < 1.29 is 0 Å². The fourth-order valence-electron chi connectivity index (χ4n) is 3.69. The third kappa shape index (κ3) is 4.25. The van der Waals surface area contributed by atoms with Gasteiger partial charge >= 0.3 is 0 Å². The van der Waals surface area contributed by atoms with E-state index in [9.17, 15) is 0 Å². The fraction of sp³-hybridized carbons (Fsp3) is 0.524. The molecule has 1 fully saturated rings. The molecule has 1 aromatic rings. The summed E-state index contributed by atoms with van der Waals surface area (Å²) in [6.45, 7) is 15.2. The van der Waals surface area contributed by atoms with Crippen molar-refractivity contribution in [3.8, 4) is 0 Å². The molecule has 0 heterocycles. The van der Waals surface area contributed by atoms with E-state index >= 15 is 0 Å². The van der Waals surface area contributed by atoms with Crippen LogP contribution < -0.4 is 5.32 Å². The molecule has 0 bridgehead atoms. The molecule has 0 aliphatic heterocycles. The standard InChI is InChI=1S/C21H31N/c1-6-19-10-8-12-21(18(19)5)22-17(4)9-7-11-20-14-15(2)13-16(20)3/h8,10,12,15,20,22H,3-4,6-7,9,11,13-14H2,1-2,5H3. The summed E-state index contributed by atoms with van der Waals surface area (Å²) in [6.07, 6.45) is 7.15. The normalized spacial score (nSPS) is 21.1. The Morgan fingerprint density at radius 3 is 2.77 bits per heavy atom. The van der Waals surface area contributed by atoms with Crippen LogP contribution in [0.4, 0.5) is 5.69 Å². The SMILES string of the molecule is C=C(CCCC1CC(C)CC1=C)Nc1cccc(CC)c1C. The van der Waals surface area contributed by atoms with Crippen LogP contribution in [0.3, 0.4) is 0 Å². The van der Waals surface area contributed by atoms with Gasteiger partial charge in [0.2, 0.25) is 0 Å². The van der Waals surface area contributed by atoms with Crippen molar-refractivity contribution in [2.45, 2.75) is 59.3 Å². The Labute approximate surface area is 136 Å². The molecule has 2 atom stereocenters. The van der Waals surface area contributed by atoms with Gasteiger partial charge in [-0.1, -0.05) is 44.7 Å². The molecular weight excluding hydrogens is 266 g/mol. The number of benzene rings is 1. The van der Waals surface area contributed by atoms with Crippen molar-refractivity contribution in [1.29, 1.82) is 0 Å². The van der Waals surface area contributed by atoms with Gasteiger partial charge in [0.05, 0.1) is 0 Å². The van der Waals surface area contributed by atoms with Gasteiger partial charge in [-0.2, -0.15) is 0 Å². The maximum absolute atomic E-state index is 4.24. The molecule has 1 aliphatic rings. The van der Waals surface area contributed by atoms with Crippen LogP contribution in [-0.2, 0) is 6.42 Å². The van der Waals surface area contributed by atoms with E-state index < -0.39 is 0 Å². The molecule has 1 aliphatic carbocycles. The molecule has 0 aromatic heterocycles. The molecule has 22 heavy (non-hydrogen) atoms. The maximum atomic E-state index is 4.24. The molecule has 120 valence electrons. The summed E-state index contributed by atoms with van der Waals surface area (Å²) in [7, 11) is 0. The molecule has 0 spiro atoms. The summed E-state index contributed by atoms with van der Waals surface area (Å²) in [6, 6.07) is 6.49. The van der Waals surface area contributed by atoms with Gasteiger partial charge in [-0.3, -0.25) is 0 Å². The molecule has 0 radical (unpaired) electrons. The quantitative estimate of drug-likeness (QED) is 0.586. The summed E-state index contributed by atoms with van der Waals surface area (Å²) < 4.78 is 0. The van der Waals surface area contributed by atoms with Gasteiger partial charge in [0.15, 0.2) is 0 Å². The summed E-state index contributed by atoms with van der Waals surface area (Å²) in [5, 5.41) is 3.51. The Morgan fingerprint density at radius 1 is 1.36 bits per heavy atom.